The van der Waals surface area contributed by atoms with Gasteiger partial charge in [-0.3, -0.25) is 4.79 Å². The van der Waals surface area contributed by atoms with E-state index in [0.29, 0.717) is 17.4 Å². The quantitative estimate of drug-likeness (QED) is 0.873. The predicted octanol–water partition coefficient (Wildman–Crippen LogP) is 2.49. The molecule has 2 N–H and O–H groups in total. The van der Waals surface area contributed by atoms with Gasteiger partial charge in [-0.1, -0.05) is 23.2 Å². The first-order chi connectivity index (χ1) is 6.56. The second-order valence-corrected chi connectivity index (χ2v) is 3.37. The Bertz CT molecular complexity index is 366. The lowest BCUT2D eigenvalue weighted by Gasteiger charge is -2.08. The molecule has 76 valence electrons. The minimum atomic E-state index is -0.591. The van der Waals surface area contributed by atoms with E-state index in [1.807, 2.05) is 0 Å². The van der Waals surface area contributed by atoms with Gasteiger partial charge >= 0.3 is 0 Å². The highest BCUT2D eigenvalue weighted by molar-refractivity contribution is 6.42. The van der Waals surface area contributed by atoms with E-state index < -0.39 is 5.91 Å². The van der Waals surface area contributed by atoms with Crippen molar-refractivity contribution in [1.29, 1.82) is 0 Å². The van der Waals surface area contributed by atoms with Crippen LogP contribution >= 0.6 is 23.2 Å². The maximum atomic E-state index is 11.0. The summed E-state index contributed by atoms with van der Waals surface area (Å²) in [5.41, 5.74) is 5.38. The zero-order valence-corrected chi connectivity index (χ0v) is 9.02. The molecular weight excluding hydrogens is 225 g/mol. The van der Waals surface area contributed by atoms with E-state index in [2.05, 4.69) is 0 Å². The van der Waals surface area contributed by atoms with Crippen molar-refractivity contribution in [2.24, 2.45) is 5.73 Å². The van der Waals surface area contributed by atoms with Gasteiger partial charge in [-0.2, -0.15) is 0 Å². The van der Waals surface area contributed by atoms with Gasteiger partial charge < -0.3 is 10.5 Å². The van der Waals surface area contributed by atoms with Crippen LogP contribution in [0.3, 0.4) is 0 Å². The molecule has 0 saturated carbocycles. The van der Waals surface area contributed by atoms with E-state index >= 15 is 0 Å². The van der Waals surface area contributed by atoms with E-state index in [1.54, 1.807) is 6.92 Å². The third-order valence-electron chi connectivity index (χ3n) is 1.59. The highest BCUT2D eigenvalue weighted by atomic mass is 35.5. The Morgan fingerprint density at radius 3 is 2.50 bits per heavy atom. The van der Waals surface area contributed by atoms with Crippen LogP contribution in [-0.4, -0.2) is 12.5 Å². The largest absolute Gasteiger partial charge is 0.493 e. The fourth-order valence-electron chi connectivity index (χ4n) is 0.996. The molecule has 0 spiro atoms. The molecule has 0 aliphatic carbocycles. The van der Waals surface area contributed by atoms with Gasteiger partial charge in [-0.15, -0.1) is 0 Å². The zero-order valence-electron chi connectivity index (χ0n) is 7.51. The van der Waals surface area contributed by atoms with Crippen molar-refractivity contribution in [2.75, 3.05) is 6.61 Å². The van der Waals surface area contributed by atoms with Crippen molar-refractivity contribution in [3.8, 4) is 5.75 Å². The Morgan fingerprint density at radius 1 is 1.43 bits per heavy atom. The van der Waals surface area contributed by atoms with Crippen LogP contribution in [0.4, 0.5) is 0 Å². The summed E-state index contributed by atoms with van der Waals surface area (Å²) in [4.78, 5) is 11.0. The first-order valence-corrected chi connectivity index (χ1v) is 4.73. The molecule has 5 heteroatoms. The molecule has 0 aliphatic heterocycles. The molecule has 1 rings (SSSR count). The average Bonchev–Trinajstić information content (AvgIpc) is 2.11. The number of halogens is 2. The molecule has 0 fully saturated rings. The normalized spacial score (nSPS) is 9.93. The molecular formula is C9H9Cl2NO2. The lowest BCUT2D eigenvalue weighted by Crippen LogP contribution is -2.13. The number of amides is 1. The lowest BCUT2D eigenvalue weighted by molar-refractivity contribution is 0.0996. The molecule has 0 aromatic heterocycles. The number of ether oxygens (including phenoxy) is 1. The van der Waals surface area contributed by atoms with Gasteiger partial charge in [0.25, 0.3) is 5.91 Å². The number of carbonyl (C=O) groups is 1. The Balaban J connectivity index is 3.24. The van der Waals surface area contributed by atoms with Gasteiger partial charge in [0.2, 0.25) is 0 Å². The fourth-order valence-corrected chi connectivity index (χ4v) is 1.31. The molecule has 1 aromatic carbocycles. The summed E-state index contributed by atoms with van der Waals surface area (Å²) in [6, 6.07) is 2.88. The highest BCUT2D eigenvalue weighted by Gasteiger charge is 2.12. The minimum absolute atomic E-state index is 0.237. The molecule has 0 atom stereocenters. The Hall–Kier alpha value is -0.930. The standard InChI is InChI=1S/C9H9Cl2NO2/c1-2-14-8-4-7(11)6(10)3-5(8)9(12)13/h3-4H,2H2,1H3,(H2,12,13). The Labute approximate surface area is 91.7 Å². The Kier molecular flexibility index (Phi) is 3.61. The maximum absolute atomic E-state index is 11.0. The molecule has 0 radical (unpaired) electrons. The second kappa shape index (κ2) is 4.53. The summed E-state index contributed by atoms with van der Waals surface area (Å²) < 4.78 is 5.19. The van der Waals surface area contributed by atoms with E-state index in [9.17, 15) is 4.79 Å². The van der Waals surface area contributed by atoms with Crippen molar-refractivity contribution in [3.05, 3.63) is 27.7 Å². The summed E-state index contributed by atoms with van der Waals surface area (Å²) in [6.45, 7) is 2.23. The molecule has 1 amide bonds. The summed E-state index contributed by atoms with van der Waals surface area (Å²) in [6.07, 6.45) is 0. The van der Waals surface area contributed by atoms with Gasteiger partial charge in [-0.25, -0.2) is 0 Å². The molecule has 3 nitrogen and oxygen atoms in total. The summed E-state index contributed by atoms with van der Waals surface area (Å²) in [7, 11) is 0. The molecule has 0 heterocycles. The number of primary amides is 1. The van der Waals surface area contributed by atoms with Gasteiger partial charge in [-0.05, 0) is 13.0 Å². The number of hydrogen-bond donors (Lipinski definition) is 1. The summed E-state index contributed by atoms with van der Waals surface area (Å²) in [5.74, 6) is -0.235. The Morgan fingerprint density at radius 2 is 2.00 bits per heavy atom. The zero-order chi connectivity index (χ0) is 10.7. The van der Waals surface area contributed by atoms with Crippen LogP contribution in [0.1, 0.15) is 17.3 Å². The average molecular weight is 234 g/mol. The molecule has 0 saturated heterocycles. The number of rotatable bonds is 3. The van der Waals surface area contributed by atoms with Crippen molar-refractivity contribution in [1.82, 2.24) is 0 Å². The fraction of sp³-hybridized carbons (Fsp3) is 0.222. The molecule has 0 unspecified atom stereocenters. The highest BCUT2D eigenvalue weighted by Crippen LogP contribution is 2.30. The molecule has 1 aromatic rings. The van der Waals surface area contributed by atoms with Gasteiger partial charge in [0.15, 0.2) is 0 Å². The third-order valence-corrected chi connectivity index (χ3v) is 2.31. The van der Waals surface area contributed by atoms with Gasteiger partial charge in [0.1, 0.15) is 5.75 Å². The number of hydrogen-bond acceptors (Lipinski definition) is 2. The van der Waals surface area contributed by atoms with Crippen molar-refractivity contribution in [3.63, 3.8) is 0 Å². The van der Waals surface area contributed by atoms with E-state index in [1.165, 1.54) is 12.1 Å². The topological polar surface area (TPSA) is 52.3 Å². The molecule has 0 bridgehead atoms. The van der Waals surface area contributed by atoms with Gasteiger partial charge in [0.05, 0.1) is 22.2 Å². The van der Waals surface area contributed by atoms with Crippen LogP contribution in [0.15, 0.2) is 12.1 Å². The van der Waals surface area contributed by atoms with Crippen molar-refractivity contribution < 1.29 is 9.53 Å². The van der Waals surface area contributed by atoms with Crippen LogP contribution in [0.5, 0.6) is 5.75 Å². The minimum Gasteiger partial charge on any atom is -0.493 e. The number of carbonyl (C=O) groups excluding carboxylic acids is 1. The van der Waals surface area contributed by atoms with E-state index in [0.717, 1.165) is 0 Å². The van der Waals surface area contributed by atoms with E-state index in [4.69, 9.17) is 33.7 Å². The number of nitrogens with two attached hydrogens (primary N) is 1. The monoisotopic (exact) mass is 233 g/mol. The summed E-state index contributed by atoms with van der Waals surface area (Å²) >= 11 is 11.5. The molecule has 14 heavy (non-hydrogen) atoms. The second-order valence-electron chi connectivity index (χ2n) is 2.56. The lowest BCUT2D eigenvalue weighted by atomic mass is 10.2. The van der Waals surface area contributed by atoms with E-state index in [-0.39, 0.29) is 10.6 Å². The first-order valence-electron chi connectivity index (χ1n) is 3.98. The van der Waals surface area contributed by atoms with Crippen LogP contribution in [0.2, 0.25) is 10.0 Å². The predicted molar refractivity (Wildman–Crippen MR) is 56.1 cm³/mol. The van der Waals surface area contributed by atoms with Crippen molar-refractivity contribution in [2.45, 2.75) is 6.92 Å². The maximum Gasteiger partial charge on any atom is 0.252 e. The van der Waals surface area contributed by atoms with Crippen molar-refractivity contribution >= 4 is 29.1 Å². The molecule has 0 aliphatic rings. The SMILES string of the molecule is CCOc1cc(Cl)c(Cl)cc1C(N)=O. The third kappa shape index (κ3) is 2.30. The van der Waals surface area contributed by atoms with Crippen LogP contribution < -0.4 is 10.5 Å². The van der Waals surface area contributed by atoms with Crippen LogP contribution in [0, 0.1) is 0 Å². The van der Waals surface area contributed by atoms with Crippen LogP contribution in [-0.2, 0) is 0 Å². The van der Waals surface area contributed by atoms with Gasteiger partial charge in [0, 0.05) is 6.07 Å². The first kappa shape index (κ1) is 11.1. The summed E-state index contributed by atoms with van der Waals surface area (Å²) in [5, 5.41) is 0.615. The van der Waals surface area contributed by atoms with Crippen LogP contribution in [0.25, 0.3) is 0 Å². The number of benzene rings is 1. The smallest absolute Gasteiger partial charge is 0.252 e.